The van der Waals surface area contributed by atoms with Crippen molar-refractivity contribution >= 4 is 5.91 Å². The van der Waals surface area contributed by atoms with Gasteiger partial charge in [-0.05, 0) is 43.5 Å². The van der Waals surface area contributed by atoms with Crippen LogP contribution in [0.15, 0.2) is 47.5 Å². The second-order valence-electron chi connectivity index (χ2n) is 8.05. The molecule has 0 aliphatic carbocycles. The fraction of sp³-hybridized carbons (Fsp3) is 0.318. The van der Waals surface area contributed by atoms with E-state index >= 15 is 0 Å². The van der Waals surface area contributed by atoms with Crippen molar-refractivity contribution in [2.45, 2.75) is 25.8 Å². The monoisotopic (exact) mass is 390 g/mol. The van der Waals surface area contributed by atoms with Gasteiger partial charge < -0.3 is 19.6 Å². The third kappa shape index (κ3) is 2.93. The number of H-pyrrole nitrogens is 1. The quantitative estimate of drug-likeness (QED) is 0.703. The van der Waals surface area contributed by atoms with Crippen molar-refractivity contribution in [2.24, 2.45) is 5.92 Å². The van der Waals surface area contributed by atoms with Crippen molar-refractivity contribution in [1.29, 1.82) is 0 Å². The van der Waals surface area contributed by atoms with E-state index in [4.69, 9.17) is 0 Å². The van der Waals surface area contributed by atoms with Gasteiger partial charge in [-0.1, -0.05) is 11.6 Å². The lowest BCUT2D eigenvalue weighted by molar-refractivity contribution is 0.0591. The molecule has 7 heteroatoms. The van der Waals surface area contributed by atoms with Crippen LogP contribution in [-0.2, 0) is 6.54 Å². The summed E-state index contributed by atoms with van der Waals surface area (Å²) in [6, 6.07) is 8.89. The Morgan fingerprint density at radius 1 is 1.21 bits per heavy atom. The van der Waals surface area contributed by atoms with E-state index in [0.29, 0.717) is 36.6 Å². The average molecular weight is 390 g/mol. The lowest BCUT2D eigenvalue weighted by atomic mass is 9.82. The Morgan fingerprint density at radius 3 is 2.86 bits per heavy atom. The Morgan fingerprint density at radius 2 is 2.07 bits per heavy atom. The van der Waals surface area contributed by atoms with Gasteiger partial charge in [0.1, 0.15) is 11.6 Å². The fourth-order valence-electron chi connectivity index (χ4n) is 4.70. The molecule has 1 aromatic carbocycles. The van der Waals surface area contributed by atoms with Gasteiger partial charge in [0.15, 0.2) is 0 Å². The SMILES string of the molecule is Cc1ccc(O)c(C(=O)N2C[C@@H]3C[C@H](C2)c2ccc(-c4ncc[nH]4)c(=O)n2C3)c1. The summed E-state index contributed by atoms with van der Waals surface area (Å²) in [4.78, 5) is 35.2. The molecule has 1 fully saturated rings. The molecule has 2 aromatic heterocycles. The maximum atomic E-state index is 13.1. The van der Waals surface area contributed by atoms with Crippen LogP contribution in [0.2, 0.25) is 0 Å². The van der Waals surface area contributed by atoms with Crippen LogP contribution < -0.4 is 5.56 Å². The first-order valence-electron chi connectivity index (χ1n) is 9.83. The Labute approximate surface area is 167 Å². The standard InChI is InChI=1S/C22H22N4O3/c1-13-2-5-19(27)17(8-13)21(28)25-10-14-9-15(12-25)18-4-3-16(20-23-6-7-24-20)22(29)26(18)11-14/h2-8,14-15,27H,9-12H2,1H3,(H,23,24)/t14-,15+/m0/s1. The number of aryl methyl sites for hydroxylation is 1. The van der Waals surface area contributed by atoms with Gasteiger partial charge in [0.05, 0.1) is 11.1 Å². The molecule has 29 heavy (non-hydrogen) atoms. The van der Waals surface area contributed by atoms with Gasteiger partial charge in [0, 0.05) is 43.6 Å². The number of nitrogens with one attached hydrogen (secondary N) is 1. The third-order valence-electron chi connectivity index (χ3n) is 6.03. The van der Waals surface area contributed by atoms with Gasteiger partial charge >= 0.3 is 0 Å². The molecule has 2 aliphatic heterocycles. The van der Waals surface area contributed by atoms with Gasteiger partial charge in [0.25, 0.3) is 11.5 Å². The van der Waals surface area contributed by atoms with Crippen LogP contribution in [0.3, 0.4) is 0 Å². The zero-order valence-electron chi connectivity index (χ0n) is 16.1. The number of nitrogens with zero attached hydrogens (tertiary/aromatic N) is 3. The average Bonchev–Trinajstić information content (AvgIpc) is 3.24. The summed E-state index contributed by atoms with van der Waals surface area (Å²) in [5.41, 5.74) is 2.77. The maximum Gasteiger partial charge on any atom is 0.261 e. The highest BCUT2D eigenvalue weighted by Gasteiger charge is 2.37. The second kappa shape index (κ2) is 6.62. The lowest BCUT2D eigenvalue weighted by Gasteiger charge is -2.43. The minimum Gasteiger partial charge on any atom is -0.507 e. The highest BCUT2D eigenvalue weighted by atomic mass is 16.3. The number of hydrogen-bond donors (Lipinski definition) is 2. The molecule has 1 amide bonds. The second-order valence-corrected chi connectivity index (χ2v) is 8.05. The van der Waals surface area contributed by atoms with Crippen molar-refractivity contribution in [3.63, 3.8) is 0 Å². The van der Waals surface area contributed by atoms with Gasteiger partial charge in [-0.3, -0.25) is 9.59 Å². The number of benzene rings is 1. The summed E-state index contributed by atoms with van der Waals surface area (Å²) in [7, 11) is 0. The van der Waals surface area contributed by atoms with Crippen LogP contribution in [0.1, 0.15) is 34.0 Å². The molecule has 0 spiro atoms. The number of phenols is 1. The van der Waals surface area contributed by atoms with Crippen LogP contribution in [0.5, 0.6) is 5.75 Å². The number of rotatable bonds is 2. The number of carbonyl (C=O) groups excluding carboxylic acids is 1. The largest absolute Gasteiger partial charge is 0.507 e. The van der Waals surface area contributed by atoms with Crippen LogP contribution >= 0.6 is 0 Å². The fourth-order valence-corrected chi connectivity index (χ4v) is 4.70. The Kier molecular flexibility index (Phi) is 4.04. The van der Waals surface area contributed by atoms with E-state index in [0.717, 1.165) is 17.7 Å². The van der Waals surface area contributed by atoms with E-state index in [1.165, 1.54) is 0 Å². The highest BCUT2D eigenvalue weighted by Crippen LogP contribution is 2.36. The van der Waals surface area contributed by atoms with Crippen LogP contribution in [0, 0.1) is 12.8 Å². The summed E-state index contributed by atoms with van der Waals surface area (Å²) in [6.07, 6.45) is 4.30. The minimum atomic E-state index is -0.149. The Hall–Kier alpha value is -3.35. The highest BCUT2D eigenvalue weighted by molar-refractivity contribution is 5.97. The Balaban J connectivity index is 1.47. The van der Waals surface area contributed by atoms with Gasteiger partial charge in [-0.15, -0.1) is 0 Å². The summed E-state index contributed by atoms with van der Waals surface area (Å²) in [6.45, 7) is 3.62. The van der Waals surface area contributed by atoms with Gasteiger partial charge in [-0.25, -0.2) is 4.98 Å². The number of imidazole rings is 1. The number of aromatic hydroxyl groups is 1. The zero-order chi connectivity index (χ0) is 20.1. The first kappa shape index (κ1) is 17.7. The topological polar surface area (TPSA) is 91.2 Å². The molecule has 3 aromatic rings. The summed E-state index contributed by atoms with van der Waals surface area (Å²) < 4.78 is 1.85. The van der Waals surface area contributed by atoms with Crippen LogP contribution in [-0.4, -0.2) is 43.5 Å². The molecule has 0 unspecified atom stereocenters. The number of aromatic amines is 1. The molecule has 1 saturated heterocycles. The van der Waals surface area contributed by atoms with Gasteiger partial charge in [0.2, 0.25) is 0 Å². The molecule has 0 saturated carbocycles. The molecule has 2 N–H and O–H groups in total. The lowest BCUT2D eigenvalue weighted by Crippen LogP contribution is -2.49. The van der Waals surface area contributed by atoms with E-state index in [1.54, 1.807) is 30.6 Å². The van der Waals surface area contributed by atoms with E-state index in [2.05, 4.69) is 9.97 Å². The van der Waals surface area contributed by atoms with E-state index in [1.807, 2.05) is 28.5 Å². The van der Waals surface area contributed by atoms with Crippen LogP contribution in [0.25, 0.3) is 11.4 Å². The molecule has 148 valence electrons. The molecule has 4 heterocycles. The number of piperidine rings is 1. The van der Waals surface area contributed by atoms with Crippen molar-refractivity contribution in [3.05, 3.63) is 69.9 Å². The predicted molar refractivity (Wildman–Crippen MR) is 108 cm³/mol. The Bertz CT molecular complexity index is 1150. The van der Waals surface area contributed by atoms with Gasteiger partial charge in [-0.2, -0.15) is 0 Å². The normalized spacial score (nSPS) is 20.4. The molecule has 5 rings (SSSR count). The van der Waals surface area contributed by atoms with Crippen molar-refractivity contribution < 1.29 is 9.90 Å². The number of amides is 1. The molecular formula is C22H22N4O3. The van der Waals surface area contributed by atoms with Crippen molar-refractivity contribution in [2.75, 3.05) is 13.1 Å². The molecule has 2 atom stereocenters. The first-order valence-corrected chi connectivity index (χ1v) is 9.83. The van der Waals surface area contributed by atoms with E-state index in [-0.39, 0.29) is 29.1 Å². The third-order valence-corrected chi connectivity index (χ3v) is 6.03. The number of pyridine rings is 1. The molecule has 7 nitrogen and oxygen atoms in total. The molecular weight excluding hydrogens is 368 g/mol. The maximum absolute atomic E-state index is 13.1. The summed E-state index contributed by atoms with van der Waals surface area (Å²) in [5.74, 6) is 0.756. The zero-order valence-corrected chi connectivity index (χ0v) is 16.1. The van der Waals surface area contributed by atoms with E-state index in [9.17, 15) is 14.7 Å². The van der Waals surface area contributed by atoms with Crippen LogP contribution in [0.4, 0.5) is 0 Å². The first-order chi connectivity index (χ1) is 14.0. The molecule has 0 radical (unpaired) electrons. The van der Waals surface area contributed by atoms with Crippen molar-refractivity contribution in [3.8, 4) is 17.1 Å². The predicted octanol–water partition coefficient (Wildman–Crippen LogP) is 2.51. The summed E-state index contributed by atoms with van der Waals surface area (Å²) >= 11 is 0. The number of aromatic nitrogens is 3. The number of hydrogen-bond acceptors (Lipinski definition) is 4. The minimum absolute atomic E-state index is 0.0102. The number of phenolic OH excluding ortho intramolecular Hbond substituents is 1. The smallest absolute Gasteiger partial charge is 0.261 e. The summed E-state index contributed by atoms with van der Waals surface area (Å²) in [5, 5.41) is 10.2. The van der Waals surface area contributed by atoms with E-state index < -0.39 is 0 Å². The van der Waals surface area contributed by atoms with Crippen molar-refractivity contribution in [1.82, 2.24) is 19.4 Å². The molecule has 2 aliphatic rings. The number of carbonyl (C=O) groups is 1. The number of likely N-dealkylation sites (tertiary alicyclic amines) is 1. The number of fused-ring (bicyclic) bond motifs is 4. The molecule has 2 bridgehead atoms.